The van der Waals surface area contributed by atoms with Gasteiger partial charge in [0, 0.05) is 24.3 Å². The maximum absolute atomic E-state index is 12.8. The van der Waals surface area contributed by atoms with Crippen molar-refractivity contribution >= 4 is 33.2 Å². The minimum atomic E-state index is -3.38. The molecule has 2 atom stereocenters. The molecule has 3 rings (SSSR count). The van der Waals surface area contributed by atoms with Crippen LogP contribution >= 0.6 is 0 Å². The van der Waals surface area contributed by atoms with Gasteiger partial charge in [-0.3, -0.25) is 14.3 Å². The van der Waals surface area contributed by atoms with E-state index in [9.17, 15) is 18.0 Å². The van der Waals surface area contributed by atoms with Gasteiger partial charge in [-0.15, -0.1) is 0 Å². The number of amides is 2. The van der Waals surface area contributed by atoms with Gasteiger partial charge in [-0.25, -0.2) is 8.42 Å². The summed E-state index contributed by atoms with van der Waals surface area (Å²) in [7, 11) is -3.38. The number of nitrogens with zero attached hydrogens (tertiary/aromatic N) is 1. The summed E-state index contributed by atoms with van der Waals surface area (Å²) < 4.78 is 25.3. The molecule has 7 nitrogen and oxygen atoms in total. The summed E-state index contributed by atoms with van der Waals surface area (Å²) in [6.07, 6.45) is 1.25. The van der Waals surface area contributed by atoms with Crippen LogP contribution in [0.5, 0.6) is 0 Å². The molecule has 2 unspecified atom stereocenters. The Morgan fingerprint density at radius 3 is 2.42 bits per heavy atom. The van der Waals surface area contributed by atoms with E-state index >= 15 is 0 Å². The maximum atomic E-state index is 12.8. The molecule has 0 spiro atoms. The summed E-state index contributed by atoms with van der Waals surface area (Å²) >= 11 is 0. The van der Waals surface area contributed by atoms with Crippen LogP contribution in [-0.4, -0.2) is 33.0 Å². The van der Waals surface area contributed by atoms with Crippen LogP contribution in [0.4, 0.5) is 11.4 Å². The first kappa shape index (κ1) is 22.8. The van der Waals surface area contributed by atoms with Gasteiger partial charge in [-0.05, 0) is 48.2 Å². The summed E-state index contributed by atoms with van der Waals surface area (Å²) in [6, 6.07) is 14.4. The van der Waals surface area contributed by atoms with Crippen LogP contribution in [0.15, 0.2) is 48.5 Å². The van der Waals surface area contributed by atoms with Gasteiger partial charge in [-0.2, -0.15) is 0 Å². The summed E-state index contributed by atoms with van der Waals surface area (Å²) in [5.74, 6) is -0.335. The highest BCUT2D eigenvalue weighted by Crippen LogP contribution is 2.28. The molecular formula is C23H29N3O4S. The standard InChI is InChI=1S/C23H29N3O4S/c1-15(2)17-7-6-10-21(12-17)26-14-19(13-22(26)27)23(28)24-16(3)18-8-5-9-20(11-18)25-31(4,29)30/h5-12,15-16,19,25H,13-14H2,1-4H3,(H,24,28). The topological polar surface area (TPSA) is 95.6 Å². The van der Waals surface area contributed by atoms with Gasteiger partial charge in [0.15, 0.2) is 0 Å². The molecule has 2 N–H and O–H groups in total. The number of nitrogens with one attached hydrogen (secondary N) is 2. The minimum absolute atomic E-state index is 0.0620. The molecule has 2 amide bonds. The molecule has 1 heterocycles. The molecule has 0 bridgehead atoms. The molecule has 0 aliphatic carbocycles. The molecule has 31 heavy (non-hydrogen) atoms. The first-order chi connectivity index (χ1) is 14.5. The zero-order valence-corrected chi connectivity index (χ0v) is 19.1. The van der Waals surface area contributed by atoms with Crippen LogP contribution < -0.4 is 14.9 Å². The number of carbonyl (C=O) groups excluding carboxylic acids is 2. The third kappa shape index (κ3) is 5.85. The van der Waals surface area contributed by atoms with E-state index in [1.165, 1.54) is 0 Å². The Hall–Kier alpha value is -2.87. The van der Waals surface area contributed by atoms with Gasteiger partial charge >= 0.3 is 0 Å². The van der Waals surface area contributed by atoms with Crippen LogP contribution in [0.1, 0.15) is 50.3 Å². The predicted molar refractivity (Wildman–Crippen MR) is 122 cm³/mol. The van der Waals surface area contributed by atoms with E-state index in [2.05, 4.69) is 23.9 Å². The second-order valence-electron chi connectivity index (χ2n) is 8.39. The second-order valence-corrected chi connectivity index (χ2v) is 10.1. The number of sulfonamides is 1. The largest absolute Gasteiger partial charge is 0.349 e. The highest BCUT2D eigenvalue weighted by molar-refractivity contribution is 7.92. The molecule has 0 radical (unpaired) electrons. The first-order valence-corrected chi connectivity index (χ1v) is 12.2. The minimum Gasteiger partial charge on any atom is -0.349 e. The van der Waals surface area contributed by atoms with Crippen LogP contribution in [0.3, 0.4) is 0 Å². The van der Waals surface area contributed by atoms with E-state index < -0.39 is 15.9 Å². The number of hydrogen-bond acceptors (Lipinski definition) is 4. The lowest BCUT2D eigenvalue weighted by molar-refractivity contribution is -0.126. The van der Waals surface area contributed by atoms with Gasteiger partial charge in [0.25, 0.3) is 0 Å². The van der Waals surface area contributed by atoms with Gasteiger partial charge in [0.2, 0.25) is 21.8 Å². The Morgan fingerprint density at radius 1 is 1.06 bits per heavy atom. The Bertz CT molecular complexity index is 1080. The predicted octanol–water partition coefficient (Wildman–Crippen LogP) is 3.41. The quantitative estimate of drug-likeness (QED) is 0.685. The number of anilines is 2. The fourth-order valence-electron chi connectivity index (χ4n) is 3.68. The zero-order chi connectivity index (χ0) is 22.8. The Labute approximate surface area is 183 Å². The summed E-state index contributed by atoms with van der Waals surface area (Å²) in [5.41, 5.74) is 3.18. The molecule has 0 saturated carbocycles. The van der Waals surface area contributed by atoms with E-state index in [1.54, 1.807) is 23.1 Å². The lowest BCUT2D eigenvalue weighted by atomic mass is 10.0. The third-order valence-electron chi connectivity index (χ3n) is 5.39. The molecule has 0 aromatic heterocycles. The van der Waals surface area contributed by atoms with Crippen molar-refractivity contribution in [2.75, 3.05) is 22.4 Å². The Morgan fingerprint density at radius 2 is 1.74 bits per heavy atom. The van der Waals surface area contributed by atoms with Crippen molar-refractivity contribution in [2.24, 2.45) is 5.92 Å². The molecule has 1 saturated heterocycles. The second kappa shape index (κ2) is 9.09. The molecule has 1 aliphatic heterocycles. The number of hydrogen-bond donors (Lipinski definition) is 2. The van der Waals surface area contributed by atoms with Crippen LogP contribution in [0, 0.1) is 5.92 Å². The van der Waals surface area contributed by atoms with E-state index in [0.717, 1.165) is 23.1 Å². The lowest BCUT2D eigenvalue weighted by Gasteiger charge is -2.20. The van der Waals surface area contributed by atoms with Crippen LogP contribution in [0.25, 0.3) is 0 Å². The molecule has 2 aromatic carbocycles. The van der Waals surface area contributed by atoms with Crippen LogP contribution in [-0.2, 0) is 19.6 Å². The molecule has 2 aromatic rings. The summed E-state index contributed by atoms with van der Waals surface area (Å²) in [5, 5.41) is 2.96. The van der Waals surface area contributed by atoms with Crippen LogP contribution in [0.2, 0.25) is 0 Å². The highest BCUT2D eigenvalue weighted by Gasteiger charge is 2.35. The highest BCUT2D eigenvalue weighted by atomic mass is 32.2. The van der Waals surface area contributed by atoms with E-state index in [0.29, 0.717) is 18.2 Å². The van der Waals surface area contributed by atoms with E-state index in [4.69, 9.17) is 0 Å². The number of rotatable bonds is 7. The normalized spacial score (nSPS) is 17.6. The Balaban J connectivity index is 1.67. The van der Waals surface area contributed by atoms with E-state index in [1.807, 2.05) is 37.3 Å². The van der Waals surface area contributed by atoms with Crippen molar-refractivity contribution in [1.82, 2.24) is 5.32 Å². The van der Waals surface area contributed by atoms with Crippen molar-refractivity contribution < 1.29 is 18.0 Å². The number of benzene rings is 2. The van der Waals surface area contributed by atoms with E-state index in [-0.39, 0.29) is 24.3 Å². The zero-order valence-electron chi connectivity index (χ0n) is 18.3. The fraction of sp³-hybridized carbons (Fsp3) is 0.391. The van der Waals surface area contributed by atoms with Gasteiger partial charge in [0.05, 0.1) is 18.2 Å². The van der Waals surface area contributed by atoms with Crippen molar-refractivity contribution in [3.63, 3.8) is 0 Å². The maximum Gasteiger partial charge on any atom is 0.229 e. The first-order valence-electron chi connectivity index (χ1n) is 10.3. The lowest BCUT2D eigenvalue weighted by Crippen LogP contribution is -2.34. The SMILES string of the molecule is CC(C)c1cccc(N2CC(C(=O)NC(C)c3cccc(NS(C)(=O)=O)c3)CC2=O)c1. The number of carbonyl (C=O) groups is 2. The summed E-state index contributed by atoms with van der Waals surface area (Å²) in [4.78, 5) is 27.1. The van der Waals surface area contributed by atoms with Gasteiger partial charge < -0.3 is 10.2 Å². The van der Waals surface area contributed by atoms with Gasteiger partial charge in [-0.1, -0.05) is 38.1 Å². The smallest absolute Gasteiger partial charge is 0.229 e. The third-order valence-corrected chi connectivity index (χ3v) is 6.00. The van der Waals surface area contributed by atoms with Gasteiger partial charge in [0.1, 0.15) is 0 Å². The fourth-order valence-corrected chi connectivity index (χ4v) is 4.24. The molecular weight excluding hydrogens is 414 g/mol. The van der Waals surface area contributed by atoms with Crippen molar-refractivity contribution in [3.05, 3.63) is 59.7 Å². The Kier molecular flexibility index (Phi) is 6.69. The summed E-state index contributed by atoms with van der Waals surface area (Å²) in [6.45, 7) is 6.37. The molecule has 8 heteroatoms. The molecule has 1 fully saturated rings. The monoisotopic (exact) mass is 443 g/mol. The molecule has 166 valence electrons. The average Bonchev–Trinajstić information content (AvgIpc) is 3.09. The average molecular weight is 444 g/mol. The van der Waals surface area contributed by atoms with Crippen molar-refractivity contribution in [2.45, 2.75) is 39.2 Å². The van der Waals surface area contributed by atoms with Crippen molar-refractivity contribution in [3.8, 4) is 0 Å². The van der Waals surface area contributed by atoms with Crippen molar-refractivity contribution in [1.29, 1.82) is 0 Å². The molecule has 1 aliphatic rings.